The number of carbonyl (C=O) groups is 1. The number of nitrogens with zero attached hydrogens (tertiary/aromatic N) is 2. The van der Waals surface area contributed by atoms with Crippen LogP contribution in [0.15, 0.2) is 30.5 Å². The molecule has 0 aliphatic rings. The van der Waals surface area contributed by atoms with Crippen LogP contribution in [0.2, 0.25) is 0 Å². The van der Waals surface area contributed by atoms with Gasteiger partial charge in [0.1, 0.15) is 5.56 Å². The Bertz CT molecular complexity index is 625. The highest BCUT2D eigenvalue weighted by Gasteiger charge is 2.18. The monoisotopic (exact) mass is 272 g/mol. The van der Waals surface area contributed by atoms with Crippen LogP contribution >= 0.6 is 0 Å². The van der Waals surface area contributed by atoms with Crippen LogP contribution in [-0.2, 0) is 0 Å². The number of para-hydroxylation sites is 1. The predicted octanol–water partition coefficient (Wildman–Crippen LogP) is 3.42. The van der Waals surface area contributed by atoms with Crippen LogP contribution in [-0.4, -0.2) is 29.7 Å². The van der Waals surface area contributed by atoms with Crippen molar-refractivity contribution in [1.82, 2.24) is 4.98 Å². The van der Waals surface area contributed by atoms with E-state index in [0.29, 0.717) is 5.92 Å². The number of aromatic carboxylic acids is 1. The SMILES string of the molecule is CCC(C)CN(C)c1c(C(=O)O)cnc2ccccc12. The average Bonchev–Trinajstić information content (AvgIpc) is 2.45. The normalized spacial score (nSPS) is 12.3. The van der Waals surface area contributed by atoms with E-state index in [1.165, 1.54) is 6.20 Å². The second kappa shape index (κ2) is 5.90. The molecular formula is C16H20N2O2. The van der Waals surface area contributed by atoms with E-state index in [2.05, 4.69) is 18.8 Å². The highest BCUT2D eigenvalue weighted by atomic mass is 16.4. The van der Waals surface area contributed by atoms with Gasteiger partial charge in [-0.15, -0.1) is 0 Å². The summed E-state index contributed by atoms with van der Waals surface area (Å²) in [6.45, 7) is 5.13. The smallest absolute Gasteiger partial charge is 0.339 e. The summed E-state index contributed by atoms with van der Waals surface area (Å²) < 4.78 is 0. The predicted molar refractivity (Wildman–Crippen MR) is 81.4 cm³/mol. The third-order valence-electron chi connectivity index (χ3n) is 3.64. The van der Waals surface area contributed by atoms with Gasteiger partial charge in [-0.1, -0.05) is 38.5 Å². The maximum absolute atomic E-state index is 11.5. The van der Waals surface area contributed by atoms with Crippen LogP contribution in [0, 0.1) is 5.92 Å². The second-order valence-electron chi connectivity index (χ2n) is 5.24. The minimum absolute atomic E-state index is 0.259. The van der Waals surface area contributed by atoms with Crippen molar-refractivity contribution >= 4 is 22.6 Å². The molecule has 2 rings (SSSR count). The summed E-state index contributed by atoms with van der Waals surface area (Å²) >= 11 is 0. The molecule has 0 bridgehead atoms. The summed E-state index contributed by atoms with van der Waals surface area (Å²) in [5.74, 6) is -0.428. The van der Waals surface area contributed by atoms with E-state index >= 15 is 0 Å². The van der Waals surface area contributed by atoms with Crippen LogP contribution in [0.4, 0.5) is 5.69 Å². The average molecular weight is 272 g/mol. The maximum Gasteiger partial charge on any atom is 0.339 e. The summed E-state index contributed by atoms with van der Waals surface area (Å²) in [6.07, 6.45) is 2.52. The molecule has 0 radical (unpaired) electrons. The zero-order valence-electron chi connectivity index (χ0n) is 12.1. The van der Waals surface area contributed by atoms with Crippen LogP contribution in [0.3, 0.4) is 0 Å². The first kappa shape index (κ1) is 14.3. The van der Waals surface area contributed by atoms with Crippen LogP contribution in [0.25, 0.3) is 10.9 Å². The Morgan fingerprint density at radius 2 is 2.10 bits per heavy atom. The highest BCUT2D eigenvalue weighted by Crippen LogP contribution is 2.29. The number of anilines is 1. The molecule has 1 aromatic carbocycles. The summed E-state index contributed by atoms with van der Waals surface area (Å²) in [5, 5.41) is 10.3. The Balaban J connectivity index is 2.57. The van der Waals surface area contributed by atoms with Crippen LogP contribution in [0.5, 0.6) is 0 Å². The van der Waals surface area contributed by atoms with Gasteiger partial charge in [0.2, 0.25) is 0 Å². The molecule has 0 aliphatic heterocycles. The maximum atomic E-state index is 11.5. The molecule has 20 heavy (non-hydrogen) atoms. The third kappa shape index (κ3) is 2.74. The highest BCUT2D eigenvalue weighted by molar-refractivity contribution is 6.04. The molecule has 0 amide bonds. The molecule has 4 heteroatoms. The molecule has 0 saturated heterocycles. The van der Waals surface area contributed by atoms with Gasteiger partial charge >= 0.3 is 5.97 Å². The van der Waals surface area contributed by atoms with Crippen molar-refractivity contribution in [3.8, 4) is 0 Å². The van der Waals surface area contributed by atoms with Crippen molar-refractivity contribution in [2.75, 3.05) is 18.5 Å². The molecule has 1 aromatic heterocycles. The first-order chi connectivity index (χ1) is 9.54. The first-order valence-corrected chi connectivity index (χ1v) is 6.86. The standard InChI is InChI=1S/C16H20N2O2/c1-4-11(2)10-18(3)15-12-7-5-6-8-14(12)17-9-13(15)16(19)20/h5-9,11H,4,10H2,1-3H3,(H,19,20). The third-order valence-corrected chi connectivity index (χ3v) is 3.64. The number of hydrogen-bond acceptors (Lipinski definition) is 3. The van der Waals surface area contributed by atoms with E-state index in [0.717, 1.165) is 29.6 Å². The first-order valence-electron chi connectivity index (χ1n) is 6.86. The lowest BCUT2D eigenvalue weighted by molar-refractivity contribution is 0.0697. The zero-order chi connectivity index (χ0) is 14.7. The van der Waals surface area contributed by atoms with Crippen molar-refractivity contribution in [2.45, 2.75) is 20.3 Å². The summed E-state index contributed by atoms with van der Waals surface area (Å²) in [6, 6.07) is 7.66. The number of pyridine rings is 1. The van der Waals surface area contributed by atoms with Gasteiger partial charge in [0, 0.05) is 25.2 Å². The fourth-order valence-corrected chi connectivity index (χ4v) is 2.38. The van der Waals surface area contributed by atoms with Gasteiger partial charge < -0.3 is 10.0 Å². The summed E-state index contributed by atoms with van der Waals surface area (Å²) in [5.41, 5.74) is 1.83. The van der Waals surface area contributed by atoms with E-state index in [4.69, 9.17) is 0 Å². The van der Waals surface area contributed by atoms with Crippen molar-refractivity contribution in [3.05, 3.63) is 36.0 Å². The molecule has 1 N–H and O–H groups in total. The number of fused-ring (bicyclic) bond motifs is 1. The van der Waals surface area contributed by atoms with Crippen molar-refractivity contribution < 1.29 is 9.90 Å². The van der Waals surface area contributed by atoms with Gasteiger partial charge in [0.05, 0.1) is 11.2 Å². The van der Waals surface area contributed by atoms with Gasteiger partial charge in [-0.3, -0.25) is 4.98 Å². The number of benzene rings is 1. The number of rotatable bonds is 5. The number of carboxylic acids is 1. The fourth-order valence-electron chi connectivity index (χ4n) is 2.38. The molecule has 1 atom stereocenters. The zero-order valence-corrected chi connectivity index (χ0v) is 12.1. The minimum Gasteiger partial charge on any atom is -0.478 e. The molecule has 106 valence electrons. The number of hydrogen-bond donors (Lipinski definition) is 1. The molecule has 0 spiro atoms. The van der Waals surface area contributed by atoms with E-state index in [-0.39, 0.29) is 5.56 Å². The van der Waals surface area contributed by atoms with E-state index in [9.17, 15) is 9.90 Å². The van der Waals surface area contributed by atoms with E-state index in [1.807, 2.05) is 36.2 Å². The number of aromatic nitrogens is 1. The second-order valence-corrected chi connectivity index (χ2v) is 5.24. The molecular weight excluding hydrogens is 252 g/mol. The summed E-state index contributed by atoms with van der Waals surface area (Å²) in [4.78, 5) is 17.7. The minimum atomic E-state index is -0.936. The Hall–Kier alpha value is -2.10. The largest absolute Gasteiger partial charge is 0.478 e. The quantitative estimate of drug-likeness (QED) is 0.906. The molecule has 4 nitrogen and oxygen atoms in total. The van der Waals surface area contributed by atoms with Crippen LogP contribution in [0.1, 0.15) is 30.6 Å². The molecule has 0 aliphatic carbocycles. The van der Waals surface area contributed by atoms with Gasteiger partial charge in [-0.25, -0.2) is 4.79 Å². The lowest BCUT2D eigenvalue weighted by Crippen LogP contribution is -2.26. The Labute approximate surface area is 119 Å². The van der Waals surface area contributed by atoms with Gasteiger partial charge in [0.15, 0.2) is 0 Å². The molecule has 0 fully saturated rings. The fraction of sp³-hybridized carbons (Fsp3) is 0.375. The van der Waals surface area contributed by atoms with Gasteiger partial charge in [-0.2, -0.15) is 0 Å². The van der Waals surface area contributed by atoms with Crippen molar-refractivity contribution in [3.63, 3.8) is 0 Å². The molecule has 2 aromatic rings. The molecule has 0 saturated carbocycles. The van der Waals surface area contributed by atoms with Crippen molar-refractivity contribution in [1.29, 1.82) is 0 Å². The van der Waals surface area contributed by atoms with Crippen molar-refractivity contribution in [2.24, 2.45) is 5.92 Å². The van der Waals surface area contributed by atoms with Crippen LogP contribution < -0.4 is 4.90 Å². The Morgan fingerprint density at radius 3 is 2.75 bits per heavy atom. The topological polar surface area (TPSA) is 53.4 Å². The van der Waals surface area contributed by atoms with E-state index in [1.54, 1.807) is 0 Å². The molecule has 1 unspecified atom stereocenters. The Kier molecular flexibility index (Phi) is 4.23. The number of carboxylic acid groups (broad SMARTS) is 1. The summed E-state index contributed by atoms with van der Waals surface area (Å²) in [7, 11) is 1.94. The van der Waals surface area contributed by atoms with Gasteiger partial charge in [-0.05, 0) is 12.0 Å². The lowest BCUT2D eigenvalue weighted by Gasteiger charge is -2.25. The molecule has 1 heterocycles. The lowest BCUT2D eigenvalue weighted by atomic mass is 10.1. The van der Waals surface area contributed by atoms with Gasteiger partial charge in [0.25, 0.3) is 0 Å². The Morgan fingerprint density at radius 1 is 1.40 bits per heavy atom. The van der Waals surface area contributed by atoms with E-state index < -0.39 is 5.97 Å².